The molecule has 0 bridgehead atoms. The number of methoxy groups -OCH3 is 1. The monoisotopic (exact) mass is 390 g/mol. The molecule has 0 radical (unpaired) electrons. The van der Waals surface area contributed by atoms with Crippen molar-refractivity contribution in [3.05, 3.63) is 34.8 Å². The number of anilines is 2. The zero-order valence-electron chi connectivity index (χ0n) is 15.3. The zero-order chi connectivity index (χ0) is 19.2. The number of carbonyl (C=O) groups is 2. The molecule has 2 amide bonds. The van der Waals surface area contributed by atoms with Crippen LogP contribution in [0.1, 0.15) is 17.5 Å². The predicted molar refractivity (Wildman–Crippen MR) is 103 cm³/mol. The number of ether oxygens (including phenoxy) is 2. The minimum Gasteiger partial charge on any atom is -0.497 e. The van der Waals surface area contributed by atoms with Crippen molar-refractivity contribution in [2.75, 3.05) is 37.4 Å². The van der Waals surface area contributed by atoms with Gasteiger partial charge in [-0.25, -0.2) is 9.78 Å². The SMILES string of the molecule is CCOC(=O)Nc1nc2c(s1)CN(CC(=O)Nc1ccc(OC)cc1)CC2. The smallest absolute Gasteiger partial charge is 0.413 e. The van der Waals surface area contributed by atoms with Crippen molar-refractivity contribution in [3.8, 4) is 5.75 Å². The second-order valence-electron chi connectivity index (χ2n) is 5.97. The predicted octanol–water partition coefficient (Wildman–Crippen LogP) is 2.72. The van der Waals surface area contributed by atoms with Crippen molar-refractivity contribution >= 4 is 34.2 Å². The Morgan fingerprint density at radius 3 is 2.74 bits per heavy atom. The molecule has 27 heavy (non-hydrogen) atoms. The topological polar surface area (TPSA) is 92.8 Å². The van der Waals surface area contributed by atoms with E-state index in [4.69, 9.17) is 9.47 Å². The van der Waals surface area contributed by atoms with Crippen molar-refractivity contribution in [3.63, 3.8) is 0 Å². The Morgan fingerprint density at radius 1 is 1.26 bits per heavy atom. The highest BCUT2D eigenvalue weighted by Gasteiger charge is 2.23. The van der Waals surface area contributed by atoms with Crippen molar-refractivity contribution in [1.82, 2.24) is 9.88 Å². The number of hydrogen-bond donors (Lipinski definition) is 2. The molecule has 3 rings (SSSR count). The van der Waals surface area contributed by atoms with Crippen LogP contribution in [0.4, 0.5) is 15.6 Å². The van der Waals surface area contributed by atoms with E-state index in [-0.39, 0.29) is 5.91 Å². The Balaban J connectivity index is 1.53. The van der Waals surface area contributed by atoms with Crippen LogP contribution in [0.5, 0.6) is 5.75 Å². The third-order valence-electron chi connectivity index (χ3n) is 4.04. The maximum atomic E-state index is 12.3. The Labute approximate surface area is 161 Å². The fourth-order valence-electron chi connectivity index (χ4n) is 2.77. The van der Waals surface area contributed by atoms with E-state index in [1.54, 1.807) is 26.2 Å². The Hall–Kier alpha value is -2.65. The van der Waals surface area contributed by atoms with E-state index < -0.39 is 6.09 Å². The third-order valence-corrected chi connectivity index (χ3v) is 5.03. The highest BCUT2D eigenvalue weighted by Crippen LogP contribution is 2.28. The first kappa shape index (κ1) is 19.1. The second-order valence-corrected chi connectivity index (χ2v) is 7.06. The summed E-state index contributed by atoms with van der Waals surface area (Å²) < 4.78 is 9.98. The molecular formula is C18H22N4O4S. The maximum absolute atomic E-state index is 12.3. The van der Waals surface area contributed by atoms with Crippen LogP contribution in [0.15, 0.2) is 24.3 Å². The lowest BCUT2D eigenvalue weighted by atomic mass is 10.2. The number of fused-ring (bicyclic) bond motifs is 1. The van der Waals surface area contributed by atoms with Crippen LogP contribution in [0, 0.1) is 0 Å². The maximum Gasteiger partial charge on any atom is 0.413 e. The van der Waals surface area contributed by atoms with Crippen molar-refractivity contribution in [2.45, 2.75) is 19.9 Å². The zero-order valence-corrected chi connectivity index (χ0v) is 16.1. The van der Waals surface area contributed by atoms with E-state index in [0.717, 1.165) is 35.0 Å². The first-order chi connectivity index (χ1) is 13.1. The third kappa shape index (κ3) is 5.18. The molecule has 2 N–H and O–H groups in total. The summed E-state index contributed by atoms with van der Waals surface area (Å²) in [6, 6.07) is 7.22. The highest BCUT2D eigenvalue weighted by atomic mass is 32.1. The van der Waals surface area contributed by atoms with Crippen LogP contribution in [0.2, 0.25) is 0 Å². The van der Waals surface area contributed by atoms with E-state index in [0.29, 0.717) is 24.8 Å². The van der Waals surface area contributed by atoms with Gasteiger partial charge in [-0.2, -0.15) is 0 Å². The molecule has 2 aromatic rings. The van der Waals surface area contributed by atoms with Gasteiger partial charge in [-0.3, -0.25) is 15.0 Å². The molecule has 144 valence electrons. The van der Waals surface area contributed by atoms with E-state index >= 15 is 0 Å². The Kier molecular flexibility index (Phi) is 6.25. The fourth-order valence-corrected chi connectivity index (χ4v) is 3.81. The number of nitrogens with one attached hydrogen (secondary N) is 2. The highest BCUT2D eigenvalue weighted by molar-refractivity contribution is 7.15. The molecule has 0 atom stereocenters. The number of hydrogen-bond acceptors (Lipinski definition) is 7. The van der Waals surface area contributed by atoms with Gasteiger partial charge >= 0.3 is 6.09 Å². The summed E-state index contributed by atoms with van der Waals surface area (Å²) in [5.74, 6) is 0.673. The molecule has 0 saturated heterocycles. The molecule has 9 heteroatoms. The number of aromatic nitrogens is 1. The number of rotatable bonds is 6. The summed E-state index contributed by atoms with van der Waals surface area (Å²) >= 11 is 1.42. The average molecular weight is 390 g/mol. The Bertz CT molecular complexity index is 806. The largest absolute Gasteiger partial charge is 0.497 e. The van der Waals surface area contributed by atoms with Crippen LogP contribution in [-0.4, -0.2) is 48.7 Å². The first-order valence-electron chi connectivity index (χ1n) is 8.66. The molecular weight excluding hydrogens is 368 g/mol. The molecule has 8 nitrogen and oxygen atoms in total. The molecule has 0 aliphatic carbocycles. The van der Waals surface area contributed by atoms with Crippen molar-refractivity contribution in [1.29, 1.82) is 0 Å². The van der Waals surface area contributed by atoms with Gasteiger partial charge in [0.15, 0.2) is 5.13 Å². The van der Waals surface area contributed by atoms with E-state index in [1.165, 1.54) is 11.3 Å². The summed E-state index contributed by atoms with van der Waals surface area (Å²) in [4.78, 5) is 31.4. The lowest BCUT2D eigenvalue weighted by molar-refractivity contribution is -0.117. The molecule has 1 aromatic carbocycles. The molecule has 1 aliphatic heterocycles. The summed E-state index contributed by atoms with van der Waals surface area (Å²) in [5.41, 5.74) is 1.70. The van der Waals surface area contributed by atoms with Gasteiger partial charge in [0.05, 0.1) is 26.0 Å². The van der Waals surface area contributed by atoms with Gasteiger partial charge in [0.25, 0.3) is 0 Å². The van der Waals surface area contributed by atoms with Crippen molar-refractivity contribution < 1.29 is 19.1 Å². The molecule has 0 spiro atoms. The summed E-state index contributed by atoms with van der Waals surface area (Å²) in [6.45, 7) is 3.73. The van der Waals surface area contributed by atoms with Gasteiger partial charge in [0.2, 0.25) is 5.91 Å². The first-order valence-corrected chi connectivity index (χ1v) is 9.47. The lowest BCUT2D eigenvalue weighted by Crippen LogP contribution is -2.36. The van der Waals surface area contributed by atoms with Gasteiger partial charge in [-0.1, -0.05) is 11.3 Å². The fraction of sp³-hybridized carbons (Fsp3) is 0.389. The number of amides is 2. The van der Waals surface area contributed by atoms with Gasteiger partial charge in [-0.15, -0.1) is 0 Å². The van der Waals surface area contributed by atoms with Crippen LogP contribution < -0.4 is 15.4 Å². The molecule has 0 unspecified atom stereocenters. The van der Waals surface area contributed by atoms with Crippen molar-refractivity contribution in [2.24, 2.45) is 0 Å². The number of nitrogens with zero attached hydrogens (tertiary/aromatic N) is 2. The number of carbonyl (C=O) groups excluding carboxylic acids is 2. The molecule has 0 saturated carbocycles. The molecule has 1 aliphatic rings. The minimum atomic E-state index is -0.501. The van der Waals surface area contributed by atoms with E-state index in [1.807, 2.05) is 12.1 Å². The van der Waals surface area contributed by atoms with E-state index in [2.05, 4.69) is 20.5 Å². The standard InChI is InChI=1S/C18H22N4O4S/c1-3-26-18(24)21-17-20-14-8-9-22(10-15(14)27-17)11-16(23)19-12-4-6-13(25-2)7-5-12/h4-7H,3,8-11H2,1-2H3,(H,19,23)(H,20,21,24). The van der Waals surface area contributed by atoms with Gasteiger partial charge < -0.3 is 14.8 Å². The number of thiazole rings is 1. The molecule has 2 heterocycles. The second kappa shape index (κ2) is 8.83. The van der Waals surface area contributed by atoms with Gasteiger partial charge in [-0.05, 0) is 31.2 Å². The van der Waals surface area contributed by atoms with Gasteiger partial charge in [0, 0.05) is 30.1 Å². The number of benzene rings is 1. The summed E-state index contributed by atoms with van der Waals surface area (Å²) in [7, 11) is 1.60. The average Bonchev–Trinajstić information content (AvgIpc) is 3.03. The van der Waals surface area contributed by atoms with Crippen LogP contribution in [0.25, 0.3) is 0 Å². The van der Waals surface area contributed by atoms with Gasteiger partial charge in [0.1, 0.15) is 5.75 Å². The summed E-state index contributed by atoms with van der Waals surface area (Å²) in [5, 5.41) is 6.05. The van der Waals surface area contributed by atoms with Crippen LogP contribution in [0.3, 0.4) is 0 Å². The molecule has 0 fully saturated rings. The minimum absolute atomic E-state index is 0.0713. The normalized spacial score (nSPS) is 13.6. The Morgan fingerprint density at radius 2 is 2.04 bits per heavy atom. The van der Waals surface area contributed by atoms with E-state index in [9.17, 15) is 9.59 Å². The van der Waals surface area contributed by atoms with Crippen LogP contribution in [-0.2, 0) is 22.5 Å². The quantitative estimate of drug-likeness (QED) is 0.788. The summed E-state index contributed by atoms with van der Waals surface area (Å²) in [6.07, 6.45) is 0.242. The molecule has 1 aromatic heterocycles. The lowest BCUT2D eigenvalue weighted by Gasteiger charge is -2.25. The van der Waals surface area contributed by atoms with Crippen LogP contribution >= 0.6 is 11.3 Å².